The largest absolute Gasteiger partial charge is 0.388 e. The van der Waals surface area contributed by atoms with Crippen molar-refractivity contribution in [2.45, 2.75) is 25.5 Å². The van der Waals surface area contributed by atoms with E-state index in [2.05, 4.69) is 40.3 Å². The van der Waals surface area contributed by atoms with E-state index in [1.807, 2.05) is 48.5 Å². The minimum atomic E-state index is -0.616. The van der Waals surface area contributed by atoms with Crippen LogP contribution in [0.1, 0.15) is 35.3 Å². The molecule has 3 aromatic carbocycles. The van der Waals surface area contributed by atoms with Gasteiger partial charge in [0.05, 0.1) is 22.2 Å². The van der Waals surface area contributed by atoms with Gasteiger partial charge in [-0.2, -0.15) is 0 Å². The third-order valence-corrected chi connectivity index (χ3v) is 5.69. The lowest BCUT2D eigenvalue weighted by Gasteiger charge is -2.24. The van der Waals surface area contributed by atoms with E-state index in [0.717, 1.165) is 21.3 Å². The Balaban J connectivity index is 1.88. The summed E-state index contributed by atoms with van der Waals surface area (Å²) in [5.74, 6) is 0. The number of aryl methyl sites for hydroxylation is 1. The zero-order chi connectivity index (χ0) is 19.4. The number of benzene rings is 3. The lowest BCUT2D eigenvalue weighted by atomic mass is 9.96. The maximum atomic E-state index is 10.8. The summed E-state index contributed by atoms with van der Waals surface area (Å²) in [5.41, 5.74) is 4.01. The molecule has 0 amide bonds. The molecule has 3 rings (SSSR count). The normalized spacial score (nSPS) is 13.2. The van der Waals surface area contributed by atoms with Gasteiger partial charge in [0, 0.05) is 16.6 Å². The summed E-state index contributed by atoms with van der Waals surface area (Å²) in [6.45, 7) is 2.05. The Hall–Kier alpha value is -1.52. The van der Waals surface area contributed by atoms with E-state index in [1.165, 1.54) is 5.56 Å². The van der Waals surface area contributed by atoms with E-state index in [-0.39, 0.29) is 6.04 Å². The number of halogens is 3. The third kappa shape index (κ3) is 5.49. The first-order valence-corrected chi connectivity index (χ1v) is 10.2. The zero-order valence-corrected chi connectivity index (χ0v) is 17.9. The first kappa shape index (κ1) is 20.2. The number of hydrogen-bond acceptors (Lipinski definition) is 2. The molecule has 0 aliphatic carbocycles. The summed E-state index contributed by atoms with van der Waals surface area (Å²) in [4.78, 5) is 0. The molecule has 0 radical (unpaired) electrons. The van der Waals surface area contributed by atoms with E-state index >= 15 is 0 Å². The average molecular weight is 465 g/mol. The topological polar surface area (TPSA) is 32.3 Å². The molecule has 0 heterocycles. The summed E-state index contributed by atoms with van der Waals surface area (Å²) >= 11 is 15.7. The highest BCUT2D eigenvalue weighted by Gasteiger charge is 2.19. The Morgan fingerprint density at radius 2 is 1.63 bits per heavy atom. The lowest BCUT2D eigenvalue weighted by molar-refractivity contribution is 0.160. The minimum Gasteiger partial charge on any atom is -0.388 e. The monoisotopic (exact) mass is 463 g/mol. The number of anilines is 1. The first-order chi connectivity index (χ1) is 12.9. The summed E-state index contributed by atoms with van der Waals surface area (Å²) in [6, 6.07) is 21.3. The fourth-order valence-corrected chi connectivity index (χ4v) is 3.56. The molecular weight excluding hydrogens is 445 g/mol. The second-order valence-electron chi connectivity index (χ2n) is 6.54. The highest BCUT2D eigenvalue weighted by molar-refractivity contribution is 9.10. The smallest absolute Gasteiger partial charge is 0.0813 e. The molecule has 0 spiro atoms. The lowest BCUT2D eigenvalue weighted by Crippen LogP contribution is -2.15. The molecule has 0 saturated carbocycles. The van der Waals surface area contributed by atoms with Gasteiger partial charge in [-0.25, -0.2) is 0 Å². The first-order valence-electron chi connectivity index (χ1n) is 8.64. The van der Waals surface area contributed by atoms with Gasteiger partial charge < -0.3 is 10.4 Å². The van der Waals surface area contributed by atoms with Crippen LogP contribution in [0.5, 0.6) is 0 Å². The molecule has 0 aromatic heterocycles. The van der Waals surface area contributed by atoms with Crippen LogP contribution in [0, 0.1) is 6.92 Å². The highest BCUT2D eigenvalue weighted by Crippen LogP contribution is 2.33. The molecule has 2 atom stereocenters. The SMILES string of the molecule is Cc1cccc(NC(CC(O)c2ccc(Br)cc2)c2ccc(Cl)c(Cl)c2)c1. The van der Waals surface area contributed by atoms with E-state index in [9.17, 15) is 5.11 Å². The molecule has 2 nitrogen and oxygen atoms in total. The van der Waals surface area contributed by atoms with Crippen LogP contribution in [0.25, 0.3) is 0 Å². The Morgan fingerprint density at radius 1 is 0.926 bits per heavy atom. The summed E-state index contributed by atoms with van der Waals surface area (Å²) in [7, 11) is 0. The van der Waals surface area contributed by atoms with Crippen LogP contribution in [0.2, 0.25) is 10.0 Å². The van der Waals surface area contributed by atoms with Crippen LogP contribution in [-0.4, -0.2) is 5.11 Å². The molecule has 27 heavy (non-hydrogen) atoms. The van der Waals surface area contributed by atoms with Crippen LogP contribution >= 0.6 is 39.1 Å². The Bertz CT molecular complexity index is 914. The van der Waals surface area contributed by atoms with Crippen molar-refractivity contribution in [1.29, 1.82) is 0 Å². The van der Waals surface area contributed by atoms with Gasteiger partial charge >= 0.3 is 0 Å². The third-order valence-electron chi connectivity index (χ3n) is 4.42. The van der Waals surface area contributed by atoms with Gasteiger partial charge in [-0.3, -0.25) is 0 Å². The number of nitrogens with one attached hydrogen (secondary N) is 1. The fraction of sp³-hybridized carbons (Fsp3) is 0.182. The summed E-state index contributed by atoms with van der Waals surface area (Å²) in [5, 5.41) is 15.3. The Morgan fingerprint density at radius 3 is 2.30 bits per heavy atom. The predicted octanol–water partition coefficient (Wildman–Crippen LogP) is 7.34. The molecule has 0 bridgehead atoms. The maximum Gasteiger partial charge on any atom is 0.0813 e. The molecule has 3 aromatic rings. The van der Waals surface area contributed by atoms with Crippen molar-refractivity contribution in [3.05, 3.63) is 97.9 Å². The van der Waals surface area contributed by atoms with Crippen LogP contribution < -0.4 is 5.32 Å². The van der Waals surface area contributed by atoms with E-state index in [1.54, 1.807) is 6.07 Å². The molecule has 0 aliphatic rings. The van der Waals surface area contributed by atoms with Gasteiger partial charge in [0.2, 0.25) is 0 Å². The second kappa shape index (κ2) is 9.11. The van der Waals surface area contributed by atoms with Gasteiger partial charge in [0.15, 0.2) is 0 Å². The number of aliphatic hydroxyl groups is 1. The summed E-state index contributed by atoms with van der Waals surface area (Å²) in [6.07, 6.45) is -0.122. The van der Waals surface area contributed by atoms with Crippen molar-refractivity contribution < 1.29 is 5.11 Å². The highest BCUT2D eigenvalue weighted by atomic mass is 79.9. The van der Waals surface area contributed by atoms with Crippen LogP contribution in [0.4, 0.5) is 5.69 Å². The van der Waals surface area contributed by atoms with Crippen LogP contribution in [0.15, 0.2) is 71.2 Å². The van der Waals surface area contributed by atoms with Gasteiger partial charge in [-0.1, -0.05) is 69.5 Å². The molecule has 5 heteroatoms. The average Bonchev–Trinajstić information content (AvgIpc) is 2.64. The molecule has 0 aliphatic heterocycles. The van der Waals surface area contributed by atoms with E-state index < -0.39 is 6.10 Å². The van der Waals surface area contributed by atoms with E-state index in [4.69, 9.17) is 23.2 Å². The quantitative estimate of drug-likeness (QED) is 0.399. The number of aliphatic hydroxyl groups excluding tert-OH is 1. The van der Waals surface area contributed by atoms with Crippen LogP contribution in [0.3, 0.4) is 0 Å². The van der Waals surface area contributed by atoms with Gasteiger partial charge in [-0.05, 0) is 60.0 Å². The maximum absolute atomic E-state index is 10.8. The minimum absolute atomic E-state index is 0.125. The van der Waals surface area contributed by atoms with E-state index in [0.29, 0.717) is 16.5 Å². The Kier molecular flexibility index (Phi) is 6.83. The van der Waals surface area contributed by atoms with Gasteiger partial charge in [-0.15, -0.1) is 0 Å². The van der Waals surface area contributed by atoms with Crippen molar-refractivity contribution in [2.24, 2.45) is 0 Å². The van der Waals surface area contributed by atoms with Crippen molar-refractivity contribution in [1.82, 2.24) is 0 Å². The van der Waals surface area contributed by atoms with Crippen molar-refractivity contribution in [2.75, 3.05) is 5.32 Å². The Labute approximate surface area is 178 Å². The summed E-state index contributed by atoms with van der Waals surface area (Å²) < 4.78 is 0.984. The molecule has 0 saturated heterocycles. The number of rotatable bonds is 6. The van der Waals surface area contributed by atoms with Crippen molar-refractivity contribution >= 4 is 44.8 Å². The van der Waals surface area contributed by atoms with Crippen LogP contribution in [-0.2, 0) is 0 Å². The standard InChI is InChI=1S/C22H20BrCl2NO/c1-14-3-2-4-18(11-14)26-21(16-7-10-19(24)20(25)12-16)13-22(27)15-5-8-17(23)9-6-15/h2-12,21-22,26-27H,13H2,1H3. The molecule has 2 N–H and O–H groups in total. The number of hydrogen-bond donors (Lipinski definition) is 2. The van der Waals surface area contributed by atoms with Crippen molar-refractivity contribution in [3.8, 4) is 0 Å². The predicted molar refractivity (Wildman–Crippen MR) is 118 cm³/mol. The van der Waals surface area contributed by atoms with Gasteiger partial charge in [0.1, 0.15) is 0 Å². The van der Waals surface area contributed by atoms with Gasteiger partial charge in [0.25, 0.3) is 0 Å². The molecule has 140 valence electrons. The fourth-order valence-electron chi connectivity index (χ4n) is 2.99. The second-order valence-corrected chi connectivity index (χ2v) is 8.27. The van der Waals surface area contributed by atoms with Crippen molar-refractivity contribution in [3.63, 3.8) is 0 Å². The molecular formula is C22H20BrCl2NO. The molecule has 2 unspecified atom stereocenters. The molecule has 0 fully saturated rings. The zero-order valence-electron chi connectivity index (χ0n) is 14.8.